The Morgan fingerprint density at radius 1 is 0.840 bits per heavy atom. The topological polar surface area (TPSA) is 29.5 Å². The van der Waals surface area contributed by atoms with E-state index in [0.717, 1.165) is 37.0 Å². The van der Waals surface area contributed by atoms with Gasteiger partial charge in [-0.25, -0.2) is 0 Å². The SMILES string of the molecule is CCCC(CCC)(c1ccc(O)c(C)c1)c1ccc(OCC)c(C)c1. The summed E-state index contributed by atoms with van der Waals surface area (Å²) < 4.78 is 5.73. The molecule has 2 aromatic rings. The molecule has 136 valence electrons. The van der Waals surface area contributed by atoms with Gasteiger partial charge in [0.1, 0.15) is 11.5 Å². The Kier molecular flexibility index (Phi) is 6.52. The van der Waals surface area contributed by atoms with Gasteiger partial charge in [0, 0.05) is 5.41 Å². The smallest absolute Gasteiger partial charge is 0.122 e. The van der Waals surface area contributed by atoms with Gasteiger partial charge in [-0.2, -0.15) is 0 Å². The molecule has 0 aliphatic heterocycles. The van der Waals surface area contributed by atoms with Crippen molar-refractivity contribution in [1.82, 2.24) is 0 Å². The van der Waals surface area contributed by atoms with E-state index in [9.17, 15) is 5.11 Å². The number of aryl methyl sites for hydroxylation is 2. The van der Waals surface area contributed by atoms with Crippen LogP contribution in [0.25, 0.3) is 0 Å². The monoisotopic (exact) mass is 340 g/mol. The van der Waals surface area contributed by atoms with E-state index < -0.39 is 0 Å². The maximum absolute atomic E-state index is 9.96. The maximum atomic E-state index is 9.96. The van der Waals surface area contributed by atoms with Crippen LogP contribution in [0.3, 0.4) is 0 Å². The first-order valence-electron chi connectivity index (χ1n) is 9.52. The Hall–Kier alpha value is -1.96. The normalized spacial score (nSPS) is 11.6. The molecule has 0 atom stereocenters. The number of phenols is 1. The van der Waals surface area contributed by atoms with Gasteiger partial charge in [-0.1, -0.05) is 51.0 Å². The average Bonchev–Trinajstić information content (AvgIpc) is 2.59. The van der Waals surface area contributed by atoms with Crippen molar-refractivity contribution in [1.29, 1.82) is 0 Å². The molecule has 1 N–H and O–H groups in total. The summed E-state index contributed by atoms with van der Waals surface area (Å²) in [7, 11) is 0. The van der Waals surface area contributed by atoms with Crippen LogP contribution in [0.2, 0.25) is 0 Å². The van der Waals surface area contributed by atoms with Gasteiger partial charge in [0.2, 0.25) is 0 Å². The molecule has 0 amide bonds. The van der Waals surface area contributed by atoms with Gasteiger partial charge in [-0.15, -0.1) is 0 Å². The van der Waals surface area contributed by atoms with Gasteiger partial charge in [0.15, 0.2) is 0 Å². The first kappa shape index (κ1) is 19.4. The van der Waals surface area contributed by atoms with Crippen LogP contribution in [0.4, 0.5) is 0 Å². The van der Waals surface area contributed by atoms with Crippen molar-refractivity contribution in [2.45, 2.75) is 65.7 Å². The Labute approximate surface area is 152 Å². The fraction of sp³-hybridized carbons (Fsp3) is 0.478. The Balaban J connectivity index is 2.61. The second-order valence-corrected chi connectivity index (χ2v) is 7.00. The van der Waals surface area contributed by atoms with Gasteiger partial charge >= 0.3 is 0 Å². The van der Waals surface area contributed by atoms with E-state index in [0.29, 0.717) is 12.4 Å². The van der Waals surface area contributed by atoms with E-state index in [1.165, 1.54) is 16.7 Å². The number of benzene rings is 2. The summed E-state index contributed by atoms with van der Waals surface area (Å²) in [4.78, 5) is 0. The Morgan fingerprint density at radius 3 is 1.88 bits per heavy atom. The predicted octanol–water partition coefficient (Wildman–Crippen LogP) is 6.29. The standard InChI is InChI=1S/C23H32O2/c1-6-13-23(14-7-2,19-9-11-21(24)17(4)15-19)20-10-12-22(25-8-3)18(5)16-20/h9-12,15-16,24H,6-8,13-14H2,1-5H3. The van der Waals surface area contributed by atoms with Gasteiger partial charge in [-0.05, 0) is 68.0 Å². The van der Waals surface area contributed by atoms with Crippen molar-refractivity contribution in [2.75, 3.05) is 6.61 Å². The fourth-order valence-electron chi connectivity index (χ4n) is 3.94. The molecule has 0 fully saturated rings. The summed E-state index contributed by atoms with van der Waals surface area (Å²) in [5.41, 5.74) is 4.76. The van der Waals surface area contributed by atoms with Crippen LogP contribution in [-0.2, 0) is 5.41 Å². The molecule has 0 aromatic heterocycles. The molecule has 2 rings (SSSR count). The van der Waals surface area contributed by atoms with Crippen molar-refractivity contribution in [2.24, 2.45) is 0 Å². The summed E-state index contributed by atoms with van der Waals surface area (Å²) in [5, 5.41) is 9.96. The lowest BCUT2D eigenvalue weighted by Crippen LogP contribution is -2.28. The molecule has 0 bridgehead atoms. The Bertz CT molecular complexity index is 697. The Morgan fingerprint density at radius 2 is 1.40 bits per heavy atom. The third-order valence-corrected chi connectivity index (χ3v) is 5.13. The van der Waals surface area contributed by atoms with Crippen LogP contribution in [0.5, 0.6) is 11.5 Å². The lowest BCUT2D eigenvalue weighted by molar-refractivity contribution is 0.337. The number of phenolic OH excluding ortho intramolecular Hbond substituents is 1. The van der Waals surface area contributed by atoms with Crippen molar-refractivity contribution in [3.63, 3.8) is 0 Å². The third kappa shape index (κ3) is 4.00. The van der Waals surface area contributed by atoms with E-state index in [1.54, 1.807) is 0 Å². The molecule has 2 aromatic carbocycles. The average molecular weight is 341 g/mol. The number of rotatable bonds is 8. The molecule has 2 nitrogen and oxygen atoms in total. The predicted molar refractivity (Wildman–Crippen MR) is 106 cm³/mol. The summed E-state index contributed by atoms with van der Waals surface area (Å²) in [6.07, 6.45) is 4.43. The molecule has 0 unspecified atom stereocenters. The van der Waals surface area contributed by atoms with Crippen LogP contribution in [0.1, 0.15) is 68.7 Å². The van der Waals surface area contributed by atoms with E-state index in [-0.39, 0.29) is 5.41 Å². The third-order valence-electron chi connectivity index (χ3n) is 5.13. The highest BCUT2D eigenvalue weighted by Crippen LogP contribution is 2.43. The van der Waals surface area contributed by atoms with Gasteiger partial charge in [-0.3, -0.25) is 0 Å². The zero-order valence-electron chi connectivity index (χ0n) is 16.4. The van der Waals surface area contributed by atoms with Gasteiger partial charge in [0.05, 0.1) is 6.61 Å². The second-order valence-electron chi connectivity index (χ2n) is 7.00. The summed E-state index contributed by atoms with van der Waals surface area (Å²) in [5.74, 6) is 1.34. The molecule has 0 radical (unpaired) electrons. The molecule has 0 spiro atoms. The highest BCUT2D eigenvalue weighted by Gasteiger charge is 2.33. The molecule has 25 heavy (non-hydrogen) atoms. The van der Waals surface area contributed by atoms with Gasteiger partial charge in [0.25, 0.3) is 0 Å². The minimum Gasteiger partial charge on any atom is -0.508 e. The van der Waals surface area contributed by atoms with Crippen LogP contribution in [-0.4, -0.2) is 11.7 Å². The molecule has 0 aliphatic rings. The zero-order valence-corrected chi connectivity index (χ0v) is 16.4. The minimum absolute atomic E-state index is 0.0164. The van der Waals surface area contributed by atoms with Crippen molar-refractivity contribution < 1.29 is 9.84 Å². The summed E-state index contributed by atoms with van der Waals surface area (Å²) >= 11 is 0. The maximum Gasteiger partial charge on any atom is 0.122 e. The fourth-order valence-corrected chi connectivity index (χ4v) is 3.94. The van der Waals surface area contributed by atoms with Crippen molar-refractivity contribution >= 4 is 0 Å². The summed E-state index contributed by atoms with van der Waals surface area (Å²) in [6, 6.07) is 12.7. The van der Waals surface area contributed by atoms with Crippen molar-refractivity contribution in [3.8, 4) is 11.5 Å². The molecule has 0 heterocycles. The van der Waals surface area contributed by atoms with Gasteiger partial charge < -0.3 is 9.84 Å². The summed E-state index contributed by atoms with van der Waals surface area (Å²) in [6.45, 7) is 11.3. The van der Waals surface area contributed by atoms with E-state index in [2.05, 4.69) is 51.1 Å². The highest BCUT2D eigenvalue weighted by atomic mass is 16.5. The largest absolute Gasteiger partial charge is 0.508 e. The van der Waals surface area contributed by atoms with E-state index >= 15 is 0 Å². The molecule has 2 heteroatoms. The quantitative estimate of drug-likeness (QED) is 0.611. The first-order chi connectivity index (χ1) is 12.0. The molecule has 0 saturated carbocycles. The molecule has 0 aliphatic carbocycles. The highest BCUT2D eigenvalue weighted by molar-refractivity contribution is 5.47. The van der Waals surface area contributed by atoms with Crippen molar-refractivity contribution in [3.05, 3.63) is 58.7 Å². The number of hydrogen-bond acceptors (Lipinski definition) is 2. The number of aromatic hydroxyl groups is 1. The van der Waals surface area contributed by atoms with Crippen LogP contribution < -0.4 is 4.74 Å². The number of ether oxygens (including phenoxy) is 1. The van der Waals surface area contributed by atoms with E-state index in [1.807, 2.05) is 19.9 Å². The first-order valence-corrected chi connectivity index (χ1v) is 9.52. The van der Waals surface area contributed by atoms with Crippen LogP contribution in [0, 0.1) is 13.8 Å². The molecular weight excluding hydrogens is 308 g/mol. The van der Waals surface area contributed by atoms with E-state index in [4.69, 9.17) is 4.74 Å². The molecule has 0 saturated heterocycles. The lowest BCUT2D eigenvalue weighted by atomic mass is 9.68. The zero-order chi connectivity index (χ0) is 18.4. The minimum atomic E-state index is -0.0164. The second kappa shape index (κ2) is 8.42. The van der Waals surface area contributed by atoms with Crippen LogP contribution >= 0.6 is 0 Å². The van der Waals surface area contributed by atoms with Crippen LogP contribution in [0.15, 0.2) is 36.4 Å². The molecular formula is C23H32O2. The number of hydrogen-bond donors (Lipinski definition) is 1. The lowest BCUT2D eigenvalue weighted by Gasteiger charge is -2.36.